The predicted octanol–water partition coefficient (Wildman–Crippen LogP) is 2.13. The fourth-order valence-electron chi connectivity index (χ4n) is 2.89. The summed E-state index contributed by atoms with van der Waals surface area (Å²) in [7, 11) is 2.21. The molecule has 0 heterocycles. The number of hydrogen-bond acceptors (Lipinski definition) is 3. The van der Waals surface area contributed by atoms with Crippen LogP contribution in [0.3, 0.4) is 0 Å². The van der Waals surface area contributed by atoms with E-state index in [9.17, 15) is 4.79 Å². The van der Waals surface area contributed by atoms with Crippen molar-refractivity contribution in [1.82, 2.24) is 10.2 Å². The molecule has 2 atom stereocenters. The lowest BCUT2D eigenvalue weighted by atomic mass is 9.93. The maximum atomic E-state index is 11.6. The Hall–Kier alpha value is -0.610. The Labute approximate surface area is 124 Å². The Balaban J connectivity index is 2.28. The van der Waals surface area contributed by atoms with Crippen LogP contribution in [-0.4, -0.2) is 42.0 Å². The van der Waals surface area contributed by atoms with Crippen LogP contribution >= 0.6 is 0 Å². The van der Waals surface area contributed by atoms with Gasteiger partial charge < -0.3 is 16.0 Å². The number of rotatable bonds is 10. The molecule has 3 N–H and O–H groups in total. The normalized spacial score (nSPS) is 20.1. The summed E-state index contributed by atoms with van der Waals surface area (Å²) >= 11 is 0. The van der Waals surface area contributed by atoms with Gasteiger partial charge in [-0.15, -0.1) is 0 Å². The fraction of sp³-hybridized carbons (Fsp3) is 0.938. The Kier molecular flexibility index (Phi) is 6.46. The number of carbonyl (C=O) groups excluding carboxylic acids is 1. The van der Waals surface area contributed by atoms with Crippen molar-refractivity contribution in [3.05, 3.63) is 0 Å². The van der Waals surface area contributed by atoms with Crippen LogP contribution < -0.4 is 11.1 Å². The van der Waals surface area contributed by atoms with Crippen molar-refractivity contribution >= 4 is 5.91 Å². The molecule has 1 saturated carbocycles. The molecule has 0 aromatic heterocycles. The Morgan fingerprint density at radius 3 is 2.40 bits per heavy atom. The van der Waals surface area contributed by atoms with Gasteiger partial charge in [-0.3, -0.25) is 4.79 Å². The molecular weight excluding hydrogens is 250 g/mol. The largest absolute Gasteiger partial charge is 0.368 e. The molecule has 2 unspecified atom stereocenters. The zero-order valence-corrected chi connectivity index (χ0v) is 13.9. The molecule has 1 aliphatic rings. The molecule has 20 heavy (non-hydrogen) atoms. The van der Waals surface area contributed by atoms with E-state index in [-0.39, 0.29) is 11.9 Å². The number of primary amides is 1. The summed E-state index contributed by atoms with van der Waals surface area (Å²) in [5, 5.41) is 3.31. The average molecular weight is 283 g/mol. The maximum Gasteiger partial charge on any atom is 0.237 e. The summed E-state index contributed by atoms with van der Waals surface area (Å²) in [4.78, 5) is 14.1. The van der Waals surface area contributed by atoms with E-state index in [2.05, 4.69) is 24.2 Å². The molecule has 1 aliphatic carbocycles. The summed E-state index contributed by atoms with van der Waals surface area (Å²) in [5.41, 5.74) is 4.97. The van der Waals surface area contributed by atoms with Crippen molar-refractivity contribution < 1.29 is 4.79 Å². The van der Waals surface area contributed by atoms with E-state index in [4.69, 9.17) is 5.73 Å². The number of nitrogens with one attached hydrogen (secondary N) is 1. The van der Waals surface area contributed by atoms with Gasteiger partial charge in [-0.1, -0.05) is 0 Å². The second kappa shape index (κ2) is 7.41. The van der Waals surface area contributed by atoms with Crippen LogP contribution in [0.1, 0.15) is 59.8 Å². The van der Waals surface area contributed by atoms with Gasteiger partial charge in [-0.05, 0) is 79.3 Å². The summed E-state index contributed by atoms with van der Waals surface area (Å²) in [5.74, 6) is 0.671. The van der Waals surface area contributed by atoms with Crippen molar-refractivity contribution in [2.45, 2.75) is 77.4 Å². The number of unbranched alkanes of at least 4 members (excludes halogenated alkanes) is 1. The molecule has 0 aliphatic heterocycles. The topological polar surface area (TPSA) is 58.4 Å². The monoisotopic (exact) mass is 283 g/mol. The van der Waals surface area contributed by atoms with Crippen molar-refractivity contribution in [1.29, 1.82) is 0 Å². The van der Waals surface area contributed by atoms with E-state index < -0.39 is 5.54 Å². The number of amides is 1. The third-order valence-electron chi connectivity index (χ3n) is 4.59. The highest BCUT2D eigenvalue weighted by Gasteiger charge is 2.32. The Morgan fingerprint density at radius 1 is 1.35 bits per heavy atom. The van der Waals surface area contributed by atoms with Crippen LogP contribution in [-0.2, 0) is 4.79 Å². The van der Waals surface area contributed by atoms with Gasteiger partial charge in [0.1, 0.15) is 0 Å². The molecule has 4 heteroatoms. The van der Waals surface area contributed by atoms with E-state index in [0.717, 1.165) is 31.7 Å². The van der Waals surface area contributed by atoms with Gasteiger partial charge in [0, 0.05) is 12.1 Å². The van der Waals surface area contributed by atoms with Crippen LogP contribution in [0.2, 0.25) is 0 Å². The lowest BCUT2D eigenvalue weighted by Gasteiger charge is -2.30. The third kappa shape index (κ3) is 5.41. The molecule has 1 amide bonds. The molecule has 0 bridgehead atoms. The number of nitrogens with zero attached hydrogens (tertiary/aromatic N) is 1. The van der Waals surface area contributed by atoms with E-state index in [1.54, 1.807) is 0 Å². The van der Waals surface area contributed by atoms with E-state index in [1.165, 1.54) is 12.8 Å². The lowest BCUT2D eigenvalue weighted by Crippen LogP contribution is -2.55. The molecule has 0 aromatic rings. The van der Waals surface area contributed by atoms with Gasteiger partial charge in [-0.25, -0.2) is 0 Å². The molecule has 4 nitrogen and oxygen atoms in total. The van der Waals surface area contributed by atoms with Gasteiger partial charge in [0.05, 0.1) is 5.54 Å². The zero-order chi connectivity index (χ0) is 15.3. The lowest BCUT2D eigenvalue weighted by molar-refractivity contribution is -0.124. The van der Waals surface area contributed by atoms with E-state index >= 15 is 0 Å². The quantitative estimate of drug-likeness (QED) is 0.604. The molecule has 0 aromatic carbocycles. The number of hydrogen-bond donors (Lipinski definition) is 2. The second-order valence-electron chi connectivity index (χ2n) is 7.01. The molecule has 1 rings (SSSR count). The molecule has 1 fully saturated rings. The van der Waals surface area contributed by atoms with Crippen LogP contribution in [0.5, 0.6) is 0 Å². The first kappa shape index (κ1) is 17.4. The first-order valence-corrected chi connectivity index (χ1v) is 8.04. The van der Waals surface area contributed by atoms with Crippen LogP contribution in [0.4, 0.5) is 0 Å². The van der Waals surface area contributed by atoms with E-state index in [1.807, 2.05) is 20.8 Å². The van der Waals surface area contributed by atoms with Crippen LogP contribution in [0.25, 0.3) is 0 Å². The van der Waals surface area contributed by atoms with Crippen LogP contribution in [0, 0.1) is 5.92 Å². The number of nitrogens with two attached hydrogens (primary N) is 1. The first-order chi connectivity index (χ1) is 9.26. The van der Waals surface area contributed by atoms with Crippen molar-refractivity contribution in [3.8, 4) is 0 Å². The summed E-state index contributed by atoms with van der Waals surface area (Å²) in [6.07, 6.45) is 5.75. The highest BCUT2D eigenvalue weighted by molar-refractivity contribution is 5.84. The minimum Gasteiger partial charge on any atom is -0.368 e. The van der Waals surface area contributed by atoms with Crippen molar-refractivity contribution in [3.63, 3.8) is 0 Å². The standard InChI is InChI=1S/C16H33N3O/c1-12(2)18-16(4,15(17)20)10-6-7-11-19(5)13(3)14-8-9-14/h12-14,18H,6-11H2,1-5H3,(H2,17,20). The Bertz CT molecular complexity index is 315. The van der Waals surface area contributed by atoms with E-state index in [0.29, 0.717) is 6.04 Å². The SMILES string of the molecule is CC(C)NC(C)(CCCCN(C)C(C)C1CC1)C(N)=O. The van der Waals surface area contributed by atoms with Gasteiger partial charge in [0.2, 0.25) is 5.91 Å². The van der Waals surface area contributed by atoms with Crippen molar-refractivity contribution in [2.24, 2.45) is 11.7 Å². The minimum atomic E-state index is -0.575. The smallest absolute Gasteiger partial charge is 0.237 e. The predicted molar refractivity (Wildman–Crippen MR) is 84.5 cm³/mol. The van der Waals surface area contributed by atoms with Gasteiger partial charge in [0.15, 0.2) is 0 Å². The highest BCUT2D eigenvalue weighted by atomic mass is 16.1. The zero-order valence-electron chi connectivity index (χ0n) is 13.9. The minimum absolute atomic E-state index is 0.245. The maximum absolute atomic E-state index is 11.6. The summed E-state index contributed by atoms with van der Waals surface area (Å²) < 4.78 is 0. The fourth-order valence-corrected chi connectivity index (χ4v) is 2.89. The van der Waals surface area contributed by atoms with Gasteiger partial charge in [-0.2, -0.15) is 0 Å². The van der Waals surface area contributed by atoms with Gasteiger partial charge >= 0.3 is 0 Å². The second-order valence-corrected chi connectivity index (χ2v) is 7.01. The number of carbonyl (C=O) groups is 1. The summed E-state index contributed by atoms with van der Waals surface area (Å²) in [6, 6.07) is 0.969. The van der Waals surface area contributed by atoms with Gasteiger partial charge in [0.25, 0.3) is 0 Å². The van der Waals surface area contributed by atoms with Crippen LogP contribution in [0.15, 0.2) is 0 Å². The van der Waals surface area contributed by atoms with Crippen molar-refractivity contribution in [2.75, 3.05) is 13.6 Å². The molecule has 0 radical (unpaired) electrons. The third-order valence-corrected chi connectivity index (χ3v) is 4.59. The highest BCUT2D eigenvalue weighted by Crippen LogP contribution is 2.34. The summed E-state index contributed by atoms with van der Waals surface area (Å²) in [6.45, 7) is 9.45. The molecule has 118 valence electrons. The Morgan fingerprint density at radius 2 is 1.95 bits per heavy atom. The molecular formula is C16H33N3O. The first-order valence-electron chi connectivity index (χ1n) is 8.04. The molecule has 0 saturated heterocycles. The molecule has 0 spiro atoms. The average Bonchev–Trinajstić information content (AvgIpc) is 3.16.